The summed E-state index contributed by atoms with van der Waals surface area (Å²) >= 11 is 0. The Morgan fingerprint density at radius 1 is 0.871 bits per heavy atom. The number of fused-ring (bicyclic) bond motifs is 1. The molecule has 4 aromatic rings. The lowest BCUT2D eigenvalue weighted by Gasteiger charge is -2.39. The van der Waals surface area contributed by atoms with Crippen LogP contribution in [0.2, 0.25) is 0 Å². The first-order valence-electron chi connectivity index (χ1n) is 11.2. The Kier molecular flexibility index (Phi) is 5.42. The van der Waals surface area contributed by atoms with Gasteiger partial charge in [0.1, 0.15) is 6.33 Å². The quantitative estimate of drug-likeness (QED) is 0.478. The molecule has 0 N–H and O–H groups in total. The maximum Gasteiger partial charge on any atom is 0.155 e. The van der Waals surface area contributed by atoms with Gasteiger partial charge in [0, 0.05) is 49.7 Å². The molecule has 0 bridgehead atoms. The minimum absolute atomic E-state index is 0.724. The predicted octanol–water partition coefficient (Wildman–Crippen LogP) is 3.89. The molecular formula is C24H29N7. The summed E-state index contributed by atoms with van der Waals surface area (Å²) in [7, 11) is 0. The lowest BCUT2D eigenvalue weighted by atomic mass is 10.1. The normalized spacial score (nSPS) is 15.3. The third-order valence-electron chi connectivity index (χ3n) is 6.43. The first kappa shape index (κ1) is 19.8. The highest BCUT2D eigenvalue weighted by Crippen LogP contribution is 2.23. The zero-order chi connectivity index (χ0) is 21.2. The Morgan fingerprint density at radius 3 is 2.35 bits per heavy atom. The Morgan fingerprint density at radius 2 is 1.61 bits per heavy atom. The van der Waals surface area contributed by atoms with E-state index in [9.17, 15) is 0 Å². The second-order valence-corrected chi connectivity index (χ2v) is 8.12. The molecule has 1 saturated heterocycles. The van der Waals surface area contributed by atoms with Gasteiger partial charge in [0.2, 0.25) is 0 Å². The number of pyridine rings is 1. The fraction of sp³-hybridized carbons (Fsp3) is 0.375. The summed E-state index contributed by atoms with van der Waals surface area (Å²) in [5, 5.41) is 8.91. The minimum atomic E-state index is 0.724. The van der Waals surface area contributed by atoms with Crippen LogP contribution in [0.4, 0.5) is 5.69 Å². The monoisotopic (exact) mass is 415 g/mol. The maximum atomic E-state index is 4.58. The highest BCUT2D eigenvalue weighted by molar-refractivity contribution is 5.62. The third-order valence-corrected chi connectivity index (χ3v) is 6.43. The number of aromatic nitrogens is 5. The molecule has 0 radical (unpaired) electrons. The lowest BCUT2D eigenvalue weighted by Crippen LogP contribution is -2.50. The van der Waals surface area contributed by atoms with Crippen LogP contribution in [0.3, 0.4) is 0 Å². The average molecular weight is 416 g/mol. The average Bonchev–Trinajstić information content (AvgIpc) is 3.50. The molecule has 7 heteroatoms. The third kappa shape index (κ3) is 3.81. The van der Waals surface area contributed by atoms with Crippen molar-refractivity contribution >= 4 is 11.3 Å². The highest BCUT2D eigenvalue weighted by Gasteiger charge is 2.21. The molecule has 1 aromatic carbocycles. The number of rotatable bonds is 6. The molecular weight excluding hydrogens is 386 g/mol. The van der Waals surface area contributed by atoms with Gasteiger partial charge in [-0.05, 0) is 49.2 Å². The van der Waals surface area contributed by atoms with E-state index in [4.69, 9.17) is 0 Å². The van der Waals surface area contributed by atoms with Crippen molar-refractivity contribution in [3.8, 4) is 16.9 Å². The summed E-state index contributed by atoms with van der Waals surface area (Å²) in [6, 6.07) is 15.4. The zero-order valence-electron chi connectivity index (χ0n) is 18.2. The number of nitrogens with zero attached hydrogens (tertiary/aromatic N) is 7. The second-order valence-electron chi connectivity index (χ2n) is 8.12. The van der Waals surface area contributed by atoms with Gasteiger partial charge in [0.25, 0.3) is 0 Å². The molecule has 3 aromatic heterocycles. The number of hydrogen-bond donors (Lipinski definition) is 0. The van der Waals surface area contributed by atoms with Gasteiger partial charge in [-0.3, -0.25) is 4.90 Å². The van der Waals surface area contributed by atoms with Crippen LogP contribution in [-0.2, 0) is 0 Å². The van der Waals surface area contributed by atoms with Gasteiger partial charge in [0.05, 0.1) is 17.6 Å². The van der Waals surface area contributed by atoms with E-state index in [1.165, 1.54) is 18.5 Å². The Balaban J connectivity index is 1.30. The molecule has 7 nitrogen and oxygen atoms in total. The number of hydrogen-bond acceptors (Lipinski definition) is 5. The first-order chi connectivity index (χ1) is 15.3. The molecule has 0 aliphatic carbocycles. The van der Waals surface area contributed by atoms with Crippen molar-refractivity contribution < 1.29 is 0 Å². The van der Waals surface area contributed by atoms with Crippen molar-refractivity contribution in [2.45, 2.75) is 32.7 Å². The molecule has 4 heterocycles. The number of benzene rings is 1. The van der Waals surface area contributed by atoms with Crippen LogP contribution in [0.1, 0.15) is 26.7 Å². The van der Waals surface area contributed by atoms with Crippen molar-refractivity contribution in [2.75, 3.05) is 31.1 Å². The first-order valence-corrected chi connectivity index (χ1v) is 11.2. The summed E-state index contributed by atoms with van der Waals surface area (Å²) in [6.45, 7) is 9.06. The van der Waals surface area contributed by atoms with Crippen LogP contribution in [0.25, 0.3) is 22.6 Å². The van der Waals surface area contributed by atoms with E-state index >= 15 is 0 Å². The van der Waals surface area contributed by atoms with Crippen LogP contribution >= 0.6 is 0 Å². The SMILES string of the molecule is CCC(CC)N1CCN(c2ccc(-n3cc(-c4cccc5ncnn45)cn3)cc2)CC1. The van der Waals surface area contributed by atoms with E-state index in [1.807, 2.05) is 39.8 Å². The van der Waals surface area contributed by atoms with Crippen LogP contribution in [0, 0.1) is 0 Å². The van der Waals surface area contributed by atoms with Gasteiger partial charge >= 0.3 is 0 Å². The molecule has 31 heavy (non-hydrogen) atoms. The maximum absolute atomic E-state index is 4.58. The van der Waals surface area contributed by atoms with E-state index in [0.717, 1.165) is 54.8 Å². The Bertz CT molecular complexity index is 1130. The standard InChI is InChI=1S/C24H29N7/c1-3-20(4-2)28-12-14-29(15-13-28)21-8-10-22(11-9-21)30-17-19(16-26-30)23-6-5-7-24-25-18-27-31(23)24/h5-11,16-18,20H,3-4,12-15H2,1-2H3. The second kappa shape index (κ2) is 8.51. The molecule has 1 fully saturated rings. The fourth-order valence-corrected chi connectivity index (χ4v) is 4.63. The van der Waals surface area contributed by atoms with Crippen molar-refractivity contribution in [1.29, 1.82) is 0 Å². The Labute approximate surface area is 182 Å². The van der Waals surface area contributed by atoms with Gasteiger partial charge in [-0.25, -0.2) is 14.2 Å². The van der Waals surface area contributed by atoms with Crippen molar-refractivity contribution in [2.24, 2.45) is 0 Å². The summed E-state index contributed by atoms with van der Waals surface area (Å²) in [5.74, 6) is 0. The van der Waals surface area contributed by atoms with E-state index in [-0.39, 0.29) is 0 Å². The minimum Gasteiger partial charge on any atom is -0.369 e. The van der Waals surface area contributed by atoms with Crippen molar-refractivity contribution in [3.63, 3.8) is 0 Å². The fourth-order valence-electron chi connectivity index (χ4n) is 4.63. The molecule has 0 saturated carbocycles. The van der Waals surface area contributed by atoms with Gasteiger partial charge in [-0.2, -0.15) is 10.2 Å². The van der Waals surface area contributed by atoms with Crippen LogP contribution in [0.5, 0.6) is 0 Å². The number of piperazine rings is 1. The van der Waals surface area contributed by atoms with Crippen LogP contribution in [-0.4, -0.2) is 61.5 Å². The lowest BCUT2D eigenvalue weighted by molar-refractivity contribution is 0.175. The molecule has 0 amide bonds. The molecule has 0 unspecified atom stereocenters. The van der Waals surface area contributed by atoms with Gasteiger partial charge in [-0.15, -0.1) is 0 Å². The largest absolute Gasteiger partial charge is 0.369 e. The van der Waals surface area contributed by atoms with Crippen molar-refractivity contribution in [1.82, 2.24) is 29.3 Å². The smallest absolute Gasteiger partial charge is 0.155 e. The van der Waals surface area contributed by atoms with E-state index in [0.29, 0.717) is 0 Å². The molecule has 160 valence electrons. The topological polar surface area (TPSA) is 54.5 Å². The van der Waals surface area contributed by atoms with E-state index in [1.54, 1.807) is 6.33 Å². The molecule has 0 atom stereocenters. The predicted molar refractivity (Wildman–Crippen MR) is 124 cm³/mol. The summed E-state index contributed by atoms with van der Waals surface area (Å²) in [6.07, 6.45) is 7.97. The molecule has 1 aliphatic rings. The van der Waals surface area contributed by atoms with Crippen molar-refractivity contribution in [3.05, 3.63) is 61.2 Å². The van der Waals surface area contributed by atoms with Gasteiger partial charge in [-0.1, -0.05) is 19.9 Å². The zero-order valence-corrected chi connectivity index (χ0v) is 18.2. The number of anilines is 1. The van der Waals surface area contributed by atoms with Gasteiger partial charge in [0.15, 0.2) is 5.65 Å². The van der Waals surface area contributed by atoms with E-state index in [2.05, 4.69) is 63.1 Å². The van der Waals surface area contributed by atoms with Gasteiger partial charge < -0.3 is 4.90 Å². The molecule has 0 spiro atoms. The Hall–Kier alpha value is -3.19. The molecule has 5 rings (SSSR count). The summed E-state index contributed by atoms with van der Waals surface area (Å²) < 4.78 is 3.76. The van der Waals surface area contributed by atoms with Crippen LogP contribution < -0.4 is 4.90 Å². The van der Waals surface area contributed by atoms with Crippen LogP contribution in [0.15, 0.2) is 61.2 Å². The highest BCUT2D eigenvalue weighted by atomic mass is 15.3. The summed E-state index contributed by atoms with van der Waals surface area (Å²) in [4.78, 5) is 9.40. The van der Waals surface area contributed by atoms with E-state index < -0.39 is 0 Å². The molecule has 1 aliphatic heterocycles. The summed E-state index contributed by atoms with van der Waals surface area (Å²) in [5.41, 5.74) is 5.16.